The molecule has 0 aromatic carbocycles. The Bertz CT molecular complexity index is 237. The number of carbonyl (C=O) groups is 1. The lowest BCUT2D eigenvalue weighted by Gasteiger charge is -2.39. The minimum atomic E-state index is 0.0210. The Labute approximate surface area is 111 Å². The zero-order valence-corrected chi connectivity index (χ0v) is 12.6. The Morgan fingerprint density at radius 3 is 2.94 bits per heavy atom. The molecule has 16 heavy (non-hydrogen) atoms. The van der Waals surface area contributed by atoms with Crippen LogP contribution in [0.2, 0.25) is 0 Å². The summed E-state index contributed by atoms with van der Waals surface area (Å²) in [5.74, 6) is 1.86. The van der Waals surface area contributed by atoms with Crippen LogP contribution < -0.4 is 5.32 Å². The lowest BCUT2D eigenvalue weighted by Crippen LogP contribution is -2.52. The molecule has 2 nitrogen and oxygen atoms in total. The molecule has 1 aliphatic carbocycles. The number of halogens is 1. The molecule has 94 valence electrons. The molecule has 1 amide bonds. The molecule has 2 unspecified atom stereocenters. The van der Waals surface area contributed by atoms with Crippen LogP contribution in [0.3, 0.4) is 0 Å². The van der Waals surface area contributed by atoms with Gasteiger partial charge in [-0.1, -0.05) is 35.7 Å². The quantitative estimate of drug-likeness (QED) is 0.790. The fraction of sp³-hybridized carbons (Fsp3) is 0.917. The molecule has 0 heterocycles. The maximum atomic E-state index is 11.8. The second-order valence-corrected chi connectivity index (χ2v) is 6.45. The number of alkyl halides is 1. The first-order valence-electron chi connectivity index (χ1n) is 5.98. The summed E-state index contributed by atoms with van der Waals surface area (Å²) in [7, 11) is 0. The predicted molar refractivity (Wildman–Crippen MR) is 75.3 cm³/mol. The third kappa shape index (κ3) is 4.28. The third-order valence-electron chi connectivity index (χ3n) is 3.29. The topological polar surface area (TPSA) is 29.1 Å². The van der Waals surface area contributed by atoms with Crippen LogP contribution in [0.15, 0.2) is 0 Å². The first-order chi connectivity index (χ1) is 7.62. The molecular formula is C12H22BrNOS. The van der Waals surface area contributed by atoms with E-state index in [9.17, 15) is 4.79 Å². The zero-order chi connectivity index (χ0) is 12.0. The van der Waals surface area contributed by atoms with Gasteiger partial charge < -0.3 is 5.32 Å². The van der Waals surface area contributed by atoms with Gasteiger partial charge in [0.15, 0.2) is 0 Å². The number of nitrogens with one attached hydrogen (secondary N) is 1. The van der Waals surface area contributed by atoms with Gasteiger partial charge in [0, 0.05) is 23.0 Å². The fourth-order valence-electron chi connectivity index (χ4n) is 2.48. The first kappa shape index (κ1) is 14.4. The van der Waals surface area contributed by atoms with Crippen LogP contribution in [0.25, 0.3) is 0 Å². The molecule has 0 bridgehead atoms. The number of amides is 1. The Morgan fingerprint density at radius 1 is 1.62 bits per heavy atom. The van der Waals surface area contributed by atoms with Gasteiger partial charge in [0.05, 0.1) is 0 Å². The van der Waals surface area contributed by atoms with Crippen molar-refractivity contribution in [3.63, 3.8) is 0 Å². The minimum absolute atomic E-state index is 0.0210. The van der Waals surface area contributed by atoms with Crippen LogP contribution >= 0.6 is 27.7 Å². The van der Waals surface area contributed by atoms with Gasteiger partial charge in [-0.25, -0.2) is 0 Å². The lowest BCUT2D eigenvalue weighted by atomic mass is 9.77. The van der Waals surface area contributed by atoms with Crippen LogP contribution in [0.4, 0.5) is 0 Å². The maximum Gasteiger partial charge on any atom is 0.221 e. The molecule has 4 heteroatoms. The number of hydrogen-bond donors (Lipinski definition) is 1. The molecule has 0 aliphatic heterocycles. The first-order valence-corrected chi connectivity index (χ1v) is 8.49. The van der Waals surface area contributed by atoms with Crippen molar-refractivity contribution in [2.45, 2.75) is 44.6 Å². The number of carbonyl (C=O) groups excluding carboxylic acids is 1. The molecule has 0 radical (unpaired) electrons. The zero-order valence-electron chi connectivity index (χ0n) is 10.2. The average molecular weight is 308 g/mol. The van der Waals surface area contributed by atoms with Gasteiger partial charge in [0.2, 0.25) is 5.91 Å². The monoisotopic (exact) mass is 307 g/mol. The van der Waals surface area contributed by atoms with Crippen molar-refractivity contribution in [3.05, 3.63) is 0 Å². The average Bonchev–Trinajstić information content (AvgIpc) is 2.26. The Balaban J connectivity index is 2.49. The normalized spacial score (nSPS) is 30.1. The van der Waals surface area contributed by atoms with E-state index >= 15 is 0 Å². The molecule has 0 spiro atoms. The highest BCUT2D eigenvalue weighted by atomic mass is 79.9. The van der Waals surface area contributed by atoms with Crippen molar-refractivity contribution < 1.29 is 4.79 Å². The Morgan fingerprint density at radius 2 is 2.38 bits per heavy atom. The van der Waals surface area contributed by atoms with E-state index in [2.05, 4.69) is 28.2 Å². The highest BCUT2D eigenvalue weighted by Crippen LogP contribution is 2.33. The van der Waals surface area contributed by atoms with E-state index in [0.29, 0.717) is 6.42 Å². The molecule has 0 saturated heterocycles. The lowest BCUT2D eigenvalue weighted by molar-refractivity contribution is -0.122. The van der Waals surface area contributed by atoms with Gasteiger partial charge in [-0.05, 0) is 25.0 Å². The van der Waals surface area contributed by atoms with Crippen molar-refractivity contribution in [1.29, 1.82) is 0 Å². The highest BCUT2D eigenvalue weighted by molar-refractivity contribution is 9.09. The largest absolute Gasteiger partial charge is 0.350 e. The fourth-order valence-corrected chi connectivity index (χ4v) is 3.52. The smallest absolute Gasteiger partial charge is 0.221 e. The highest BCUT2D eigenvalue weighted by Gasteiger charge is 2.34. The van der Waals surface area contributed by atoms with Crippen molar-refractivity contribution >= 4 is 33.6 Å². The molecule has 1 N–H and O–H groups in total. The van der Waals surface area contributed by atoms with Gasteiger partial charge in [0.1, 0.15) is 0 Å². The van der Waals surface area contributed by atoms with Crippen molar-refractivity contribution in [2.75, 3.05) is 17.3 Å². The predicted octanol–water partition coefficient (Wildman–Crippen LogP) is 3.20. The van der Waals surface area contributed by atoms with E-state index in [1.54, 1.807) is 11.8 Å². The van der Waals surface area contributed by atoms with E-state index in [1.165, 1.54) is 12.8 Å². The molecule has 0 aromatic heterocycles. The Hall–Kier alpha value is 0.300. The van der Waals surface area contributed by atoms with E-state index in [-0.39, 0.29) is 11.4 Å². The van der Waals surface area contributed by atoms with Crippen molar-refractivity contribution in [3.8, 4) is 0 Å². The summed E-state index contributed by atoms with van der Waals surface area (Å²) in [6.45, 7) is 2.28. The van der Waals surface area contributed by atoms with Crippen LogP contribution in [-0.2, 0) is 4.79 Å². The van der Waals surface area contributed by atoms with Gasteiger partial charge in [-0.15, -0.1) is 0 Å². The maximum absolute atomic E-state index is 11.8. The van der Waals surface area contributed by atoms with Gasteiger partial charge in [-0.3, -0.25) is 4.79 Å². The molecule has 1 aliphatic rings. The van der Waals surface area contributed by atoms with E-state index in [1.807, 2.05) is 6.26 Å². The van der Waals surface area contributed by atoms with Gasteiger partial charge in [-0.2, -0.15) is 11.8 Å². The molecule has 1 fully saturated rings. The second-order valence-electron chi connectivity index (χ2n) is 4.91. The summed E-state index contributed by atoms with van der Waals surface area (Å²) in [4.78, 5) is 11.8. The molecule has 1 saturated carbocycles. The SMILES string of the molecule is CSCCC(=O)NC1(CBr)CCCC(C)C1. The standard InChI is InChI=1S/C12H22BrNOS/c1-10-4-3-6-12(8-10,9-13)14-11(15)5-7-16-2/h10H,3-9H2,1-2H3,(H,14,15). The van der Waals surface area contributed by atoms with Crippen LogP contribution in [0, 0.1) is 5.92 Å². The van der Waals surface area contributed by atoms with Crippen molar-refractivity contribution in [2.24, 2.45) is 5.92 Å². The number of rotatable bonds is 5. The van der Waals surface area contributed by atoms with Crippen molar-refractivity contribution in [1.82, 2.24) is 5.32 Å². The Kier molecular flexibility index (Phi) is 6.19. The number of hydrogen-bond acceptors (Lipinski definition) is 2. The summed E-state index contributed by atoms with van der Waals surface area (Å²) in [6.07, 6.45) is 7.45. The van der Waals surface area contributed by atoms with Crippen LogP contribution in [-0.4, -0.2) is 28.8 Å². The molecule has 0 aromatic rings. The summed E-state index contributed by atoms with van der Waals surface area (Å²) in [6, 6.07) is 0. The van der Waals surface area contributed by atoms with E-state index in [4.69, 9.17) is 0 Å². The summed E-state index contributed by atoms with van der Waals surface area (Å²) >= 11 is 5.30. The number of thioether (sulfide) groups is 1. The minimum Gasteiger partial charge on any atom is -0.350 e. The van der Waals surface area contributed by atoms with Gasteiger partial charge >= 0.3 is 0 Å². The summed E-state index contributed by atoms with van der Waals surface area (Å²) in [5.41, 5.74) is 0.0210. The van der Waals surface area contributed by atoms with Gasteiger partial charge in [0.25, 0.3) is 0 Å². The second kappa shape index (κ2) is 6.90. The van der Waals surface area contributed by atoms with E-state index < -0.39 is 0 Å². The van der Waals surface area contributed by atoms with E-state index in [0.717, 1.165) is 29.8 Å². The molecule has 1 rings (SSSR count). The summed E-state index contributed by atoms with van der Waals surface area (Å²) < 4.78 is 0. The molecule has 2 atom stereocenters. The van der Waals surface area contributed by atoms with Crippen LogP contribution in [0.1, 0.15) is 39.0 Å². The summed E-state index contributed by atoms with van der Waals surface area (Å²) in [5, 5.41) is 4.13. The third-order valence-corrected chi connectivity index (χ3v) is 4.97. The molecular weight excluding hydrogens is 286 g/mol. The van der Waals surface area contributed by atoms with Crippen LogP contribution in [0.5, 0.6) is 0 Å².